The zero-order valence-corrected chi connectivity index (χ0v) is 14.6. The minimum Gasteiger partial charge on any atom is -0.479 e. The highest BCUT2D eigenvalue weighted by Crippen LogP contribution is 2.28. The second-order valence-corrected chi connectivity index (χ2v) is 7.03. The topological polar surface area (TPSA) is 74.7 Å². The summed E-state index contributed by atoms with van der Waals surface area (Å²) < 4.78 is 0. The maximum absolute atomic E-state index is 12.4. The number of aliphatic carboxylic acids is 1. The van der Waals surface area contributed by atoms with E-state index >= 15 is 0 Å². The summed E-state index contributed by atoms with van der Waals surface area (Å²) in [6.07, 6.45) is 2.47. The van der Waals surface area contributed by atoms with Gasteiger partial charge >= 0.3 is 5.97 Å². The second-order valence-electron chi connectivity index (χ2n) is 5.76. The summed E-state index contributed by atoms with van der Waals surface area (Å²) in [6, 6.07) is 6.82. The van der Waals surface area contributed by atoms with Gasteiger partial charge in [-0.15, -0.1) is 0 Å². The SMILES string of the molecule is CC(=O)SCCCC(=O)N1CC(c2ccccc2C)=CC1C(=O)O. The molecule has 128 valence electrons. The van der Waals surface area contributed by atoms with Gasteiger partial charge in [-0.3, -0.25) is 9.59 Å². The first kappa shape index (κ1) is 18.3. The molecule has 1 heterocycles. The molecule has 0 aliphatic carbocycles. The van der Waals surface area contributed by atoms with Crippen molar-refractivity contribution in [2.75, 3.05) is 12.3 Å². The van der Waals surface area contributed by atoms with Crippen LogP contribution in [0.4, 0.5) is 0 Å². The Bertz CT molecular complexity index is 683. The largest absolute Gasteiger partial charge is 0.479 e. The summed E-state index contributed by atoms with van der Waals surface area (Å²) in [7, 11) is 0. The Morgan fingerprint density at radius 1 is 1.29 bits per heavy atom. The van der Waals surface area contributed by atoms with Gasteiger partial charge < -0.3 is 10.0 Å². The zero-order valence-electron chi connectivity index (χ0n) is 13.8. The molecule has 0 fully saturated rings. The van der Waals surface area contributed by atoms with Crippen molar-refractivity contribution in [2.24, 2.45) is 0 Å². The van der Waals surface area contributed by atoms with Crippen molar-refractivity contribution in [2.45, 2.75) is 32.7 Å². The van der Waals surface area contributed by atoms with Crippen LogP contribution in [-0.2, 0) is 14.4 Å². The van der Waals surface area contributed by atoms with Crippen molar-refractivity contribution in [3.8, 4) is 0 Å². The first-order chi connectivity index (χ1) is 11.4. The molecule has 1 aromatic rings. The molecule has 1 atom stereocenters. The number of benzene rings is 1. The third kappa shape index (κ3) is 4.47. The average molecular weight is 347 g/mol. The van der Waals surface area contributed by atoms with Gasteiger partial charge in [0.1, 0.15) is 6.04 Å². The number of hydrogen-bond donors (Lipinski definition) is 1. The fraction of sp³-hybridized carbons (Fsp3) is 0.389. The minimum absolute atomic E-state index is 0.0236. The molecule has 1 unspecified atom stereocenters. The Balaban J connectivity index is 2.06. The van der Waals surface area contributed by atoms with Gasteiger partial charge in [-0.05, 0) is 36.1 Å². The van der Waals surface area contributed by atoms with Crippen molar-refractivity contribution in [3.63, 3.8) is 0 Å². The predicted molar refractivity (Wildman–Crippen MR) is 94.7 cm³/mol. The molecular weight excluding hydrogens is 326 g/mol. The zero-order chi connectivity index (χ0) is 17.7. The van der Waals surface area contributed by atoms with Crippen LogP contribution in [0.25, 0.3) is 5.57 Å². The molecule has 1 aliphatic rings. The van der Waals surface area contributed by atoms with Gasteiger partial charge in [-0.1, -0.05) is 36.0 Å². The molecule has 24 heavy (non-hydrogen) atoms. The highest BCUT2D eigenvalue weighted by Gasteiger charge is 2.34. The predicted octanol–water partition coefficient (Wildman–Crippen LogP) is 2.73. The minimum atomic E-state index is -1.02. The van der Waals surface area contributed by atoms with Gasteiger partial charge in [0, 0.05) is 25.6 Å². The fourth-order valence-corrected chi connectivity index (χ4v) is 3.33. The molecule has 1 aliphatic heterocycles. The van der Waals surface area contributed by atoms with Gasteiger partial charge in [0.15, 0.2) is 5.12 Å². The van der Waals surface area contributed by atoms with Crippen molar-refractivity contribution < 1.29 is 19.5 Å². The van der Waals surface area contributed by atoms with E-state index in [9.17, 15) is 19.5 Å². The maximum Gasteiger partial charge on any atom is 0.330 e. The van der Waals surface area contributed by atoms with Crippen LogP contribution in [-0.4, -0.2) is 45.3 Å². The van der Waals surface area contributed by atoms with E-state index in [4.69, 9.17) is 0 Å². The molecule has 0 saturated heterocycles. The molecule has 0 radical (unpaired) electrons. The van der Waals surface area contributed by atoms with Crippen molar-refractivity contribution in [1.82, 2.24) is 4.90 Å². The highest BCUT2D eigenvalue weighted by atomic mass is 32.2. The fourth-order valence-electron chi connectivity index (χ4n) is 2.75. The van der Waals surface area contributed by atoms with Crippen molar-refractivity contribution in [1.29, 1.82) is 0 Å². The lowest BCUT2D eigenvalue weighted by Crippen LogP contribution is -2.41. The lowest BCUT2D eigenvalue weighted by molar-refractivity contribution is -0.146. The summed E-state index contributed by atoms with van der Waals surface area (Å²) >= 11 is 1.18. The third-order valence-corrected chi connectivity index (χ3v) is 4.84. The molecule has 2 rings (SSSR count). The average Bonchev–Trinajstić information content (AvgIpc) is 2.97. The summed E-state index contributed by atoms with van der Waals surface area (Å²) in [5, 5.41) is 9.45. The Morgan fingerprint density at radius 2 is 2.00 bits per heavy atom. The lowest BCUT2D eigenvalue weighted by atomic mass is 10.0. The van der Waals surface area contributed by atoms with Crippen molar-refractivity contribution in [3.05, 3.63) is 41.5 Å². The van der Waals surface area contributed by atoms with E-state index in [0.717, 1.165) is 16.7 Å². The Morgan fingerprint density at radius 3 is 2.62 bits per heavy atom. The van der Waals surface area contributed by atoms with Crippen LogP contribution in [0.5, 0.6) is 0 Å². The van der Waals surface area contributed by atoms with E-state index in [1.54, 1.807) is 6.08 Å². The molecule has 0 spiro atoms. The normalized spacial score (nSPS) is 16.8. The molecule has 1 N–H and O–H groups in total. The Kier molecular flexibility index (Phi) is 6.20. The summed E-state index contributed by atoms with van der Waals surface area (Å²) in [5.74, 6) is -0.638. The van der Waals surface area contributed by atoms with Gasteiger partial charge in [0.25, 0.3) is 0 Å². The Hall–Kier alpha value is -2.08. The van der Waals surface area contributed by atoms with Crippen molar-refractivity contribution >= 4 is 34.3 Å². The van der Waals surface area contributed by atoms with Crippen LogP contribution >= 0.6 is 11.8 Å². The van der Waals surface area contributed by atoms with Gasteiger partial charge in [0.05, 0.1) is 0 Å². The molecule has 5 nitrogen and oxygen atoms in total. The van der Waals surface area contributed by atoms with E-state index in [-0.39, 0.29) is 17.4 Å². The second kappa shape index (κ2) is 8.15. The van der Waals surface area contributed by atoms with E-state index in [2.05, 4.69) is 0 Å². The number of rotatable bonds is 6. The number of carbonyl (C=O) groups is 3. The lowest BCUT2D eigenvalue weighted by Gasteiger charge is -2.22. The number of carboxylic acid groups (broad SMARTS) is 1. The van der Waals surface area contributed by atoms with Crippen LogP contribution < -0.4 is 0 Å². The number of aryl methyl sites for hydroxylation is 1. The number of nitrogens with zero attached hydrogens (tertiary/aromatic N) is 1. The number of thioether (sulfide) groups is 1. The van der Waals surface area contributed by atoms with E-state index in [0.29, 0.717) is 18.7 Å². The smallest absolute Gasteiger partial charge is 0.330 e. The van der Waals surface area contributed by atoms with Gasteiger partial charge in [-0.2, -0.15) is 0 Å². The number of hydrogen-bond acceptors (Lipinski definition) is 4. The van der Waals surface area contributed by atoms with Crippen LogP contribution in [0.3, 0.4) is 0 Å². The number of carbonyl (C=O) groups excluding carboxylic acids is 2. The summed E-state index contributed by atoms with van der Waals surface area (Å²) in [4.78, 5) is 36.2. The van der Waals surface area contributed by atoms with Gasteiger partial charge in [0.2, 0.25) is 5.91 Å². The first-order valence-electron chi connectivity index (χ1n) is 7.82. The molecule has 0 saturated carbocycles. The summed E-state index contributed by atoms with van der Waals surface area (Å²) in [5.41, 5.74) is 2.90. The highest BCUT2D eigenvalue weighted by molar-refractivity contribution is 8.13. The molecule has 1 aromatic carbocycles. The molecule has 0 aromatic heterocycles. The monoisotopic (exact) mass is 347 g/mol. The van der Waals surface area contributed by atoms with Crippen LogP contribution in [0.2, 0.25) is 0 Å². The third-order valence-electron chi connectivity index (χ3n) is 3.94. The van der Waals surface area contributed by atoms with E-state index in [1.165, 1.54) is 23.6 Å². The van der Waals surface area contributed by atoms with E-state index < -0.39 is 12.0 Å². The molecule has 1 amide bonds. The van der Waals surface area contributed by atoms with Gasteiger partial charge in [-0.25, -0.2) is 4.79 Å². The maximum atomic E-state index is 12.4. The van der Waals surface area contributed by atoms with Crippen LogP contribution in [0, 0.1) is 6.92 Å². The Labute approximate surface area is 145 Å². The van der Waals surface area contributed by atoms with Crippen LogP contribution in [0.15, 0.2) is 30.3 Å². The van der Waals surface area contributed by atoms with E-state index in [1.807, 2.05) is 31.2 Å². The standard InChI is InChI=1S/C18H21NO4S/c1-12-6-3-4-7-15(12)14-10-16(18(22)23)19(11-14)17(21)8-5-9-24-13(2)20/h3-4,6-7,10,16H,5,8-9,11H2,1-2H3,(H,22,23). The first-order valence-corrected chi connectivity index (χ1v) is 8.81. The molecular formula is C18H21NO4S. The quantitative estimate of drug-likeness (QED) is 0.801. The number of amides is 1. The number of carboxylic acids is 1. The van der Waals surface area contributed by atoms with Crippen LogP contribution in [0.1, 0.15) is 30.9 Å². The molecule has 0 bridgehead atoms. The summed E-state index contributed by atoms with van der Waals surface area (Å²) in [6.45, 7) is 3.77. The molecule has 6 heteroatoms.